The Balaban J connectivity index is 2.42. The predicted octanol–water partition coefficient (Wildman–Crippen LogP) is 2.89. The van der Waals surface area contributed by atoms with Crippen LogP contribution in [-0.4, -0.2) is 26.1 Å². The summed E-state index contributed by atoms with van der Waals surface area (Å²) in [5.41, 5.74) is 1.37. The number of nitrogens with zero attached hydrogens (tertiary/aromatic N) is 1. The first-order valence-electron chi connectivity index (χ1n) is 6.82. The molecule has 0 radical (unpaired) electrons. The van der Waals surface area contributed by atoms with Crippen molar-refractivity contribution in [3.63, 3.8) is 0 Å². The Morgan fingerprint density at radius 2 is 1.81 bits per heavy atom. The summed E-state index contributed by atoms with van der Waals surface area (Å²) in [5.74, 6) is 0.542. The summed E-state index contributed by atoms with van der Waals surface area (Å²) in [6, 6.07) is 9.41. The largest absolute Gasteiger partial charge is 0.495 e. The Kier molecular flexibility index (Phi) is 4.42. The number of carbonyl (C=O) groups is 1. The van der Waals surface area contributed by atoms with Gasteiger partial charge >= 0.3 is 0 Å². The van der Waals surface area contributed by atoms with Crippen LogP contribution in [0.2, 0.25) is 19.6 Å². The fourth-order valence-electron chi connectivity index (χ4n) is 2.26. The SMILES string of the molecule is COc1cncc(C(=O)Nc2ccccc2)c1[Si](C)(C)C. The van der Waals surface area contributed by atoms with E-state index >= 15 is 0 Å². The van der Waals surface area contributed by atoms with E-state index in [9.17, 15) is 4.79 Å². The van der Waals surface area contributed by atoms with Crippen LogP contribution in [0.3, 0.4) is 0 Å². The van der Waals surface area contributed by atoms with E-state index in [1.165, 1.54) is 0 Å². The molecule has 2 aromatic rings. The van der Waals surface area contributed by atoms with Crippen molar-refractivity contribution < 1.29 is 9.53 Å². The third kappa shape index (κ3) is 3.49. The molecule has 0 aliphatic carbocycles. The lowest BCUT2D eigenvalue weighted by atomic mass is 10.2. The number of benzene rings is 1. The van der Waals surface area contributed by atoms with Gasteiger partial charge in [0.1, 0.15) is 5.75 Å². The maximum Gasteiger partial charge on any atom is 0.257 e. The first kappa shape index (κ1) is 15.2. The molecule has 0 saturated carbocycles. The van der Waals surface area contributed by atoms with Crippen molar-refractivity contribution in [2.45, 2.75) is 19.6 Å². The Morgan fingerprint density at radius 3 is 2.38 bits per heavy atom. The lowest BCUT2D eigenvalue weighted by Gasteiger charge is -2.22. The lowest BCUT2D eigenvalue weighted by molar-refractivity contribution is 0.102. The molecule has 0 spiro atoms. The van der Waals surface area contributed by atoms with Crippen molar-refractivity contribution in [1.29, 1.82) is 0 Å². The zero-order valence-electron chi connectivity index (χ0n) is 12.8. The number of hydrogen-bond donors (Lipinski definition) is 1. The van der Waals surface area contributed by atoms with Crippen LogP contribution in [0.4, 0.5) is 5.69 Å². The first-order valence-corrected chi connectivity index (χ1v) is 10.3. The second-order valence-corrected chi connectivity index (χ2v) is 10.8. The molecule has 21 heavy (non-hydrogen) atoms. The number of rotatable bonds is 4. The molecule has 2 rings (SSSR count). The summed E-state index contributed by atoms with van der Waals surface area (Å²) in [7, 11) is -0.139. The number of hydrogen-bond acceptors (Lipinski definition) is 3. The van der Waals surface area contributed by atoms with Gasteiger partial charge in [0.2, 0.25) is 0 Å². The highest BCUT2D eigenvalue weighted by molar-refractivity contribution is 6.90. The van der Waals surface area contributed by atoms with Crippen LogP contribution in [0.1, 0.15) is 10.4 Å². The van der Waals surface area contributed by atoms with E-state index in [2.05, 4.69) is 29.9 Å². The van der Waals surface area contributed by atoms with Crippen molar-refractivity contribution in [3.05, 3.63) is 48.3 Å². The van der Waals surface area contributed by atoms with Crippen molar-refractivity contribution in [3.8, 4) is 5.75 Å². The van der Waals surface area contributed by atoms with Gasteiger partial charge in [0.05, 0.1) is 26.9 Å². The van der Waals surface area contributed by atoms with E-state index in [1.807, 2.05) is 30.3 Å². The van der Waals surface area contributed by atoms with Crippen molar-refractivity contribution in [2.75, 3.05) is 12.4 Å². The number of carbonyl (C=O) groups excluding carboxylic acids is 1. The molecular formula is C16H20N2O2Si. The van der Waals surface area contributed by atoms with E-state index < -0.39 is 8.07 Å². The van der Waals surface area contributed by atoms with Gasteiger partial charge in [-0.1, -0.05) is 37.8 Å². The molecule has 1 aromatic carbocycles. The maximum absolute atomic E-state index is 12.6. The fraction of sp³-hybridized carbons (Fsp3) is 0.250. The van der Waals surface area contributed by atoms with E-state index in [4.69, 9.17) is 4.74 Å². The minimum absolute atomic E-state index is 0.148. The van der Waals surface area contributed by atoms with Crippen LogP contribution in [0.15, 0.2) is 42.7 Å². The van der Waals surface area contributed by atoms with Crippen molar-refractivity contribution in [1.82, 2.24) is 4.98 Å². The molecule has 0 aliphatic heterocycles. The standard InChI is InChI=1S/C16H20N2O2Si/c1-20-14-11-17-10-13(15(14)21(2,3)4)16(19)18-12-8-6-5-7-9-12/h5-11H,1-4H3,(H,18,19). The molecule has 4 nitrogen and oxygen atoms in total. The highest BCUT2D eigenvalue weighted by Crippen LogP contribution is 2.17. The van der Waals surface area contributed by atoms with E-state index in [1.54, 1.807) is 19.5 Å². The van der Waals surface area contributed by atoms with Gasteiger partial charge in [-0.2, -0.15) is 0 Å². The molecule has 0 atom stereocenters. The maximum atomic E-state index is 12.6. The van der Waals surface area contributed by atoms with Crippen molar-refractivity contribution >= 4 is 24.9 Å². The second-order valence-electron chi connectivity index (χ2n) is 5.83. The molecule has 1 heterocycles. The molecule has 0 saturated heterocycles. The minimum Gasteiger partial charge on any atom is -0.495 e. The monoisotopic (exact) mass is 300 g/mol. The Hall–Kier alpha value is -2.14. The number of aromatic nitrogens is 1. The zero-order chi connectivity index (χ0) is 15.5. The Morgan fingerprint density at radius 1 is 1.14 bits per heavy atom. The molecule has 1 N–H and O–H groups in total. The van der Waals surface area contributed by atoms with Gasteiger partial charge in [0.25, 0.3) is 5.91 Å². The van der Waals surface area contributed by atoms with Gasteiger partial charge in [-0.3, -0.25) is 9.78 Å². The van der Waals surface area contributed by atoms with Crippen LogP contribution < -0.4 is 15.2 Å². The van der Waals surface area contributed by atoms with E-state index in [-0.39, 0.29) is 5.91 Å². The lowest BCUT2D eigenvalue weighted by Crippen LogP contribution is -2.43. The zero-order valence-corrected chi connectivity index (χ0v) is 13.8. The molecule has 0 fully saturated rings. The molecule has 5 heteroatoms. The van der Waals surface area contributed by atoms with Crippen LogP contribution in [0.25, 0.3) is 0 Å². The van der Waals surface area contributed by atoms with Gasteiger partial charge in [-0.25, -0.2) is 0 Å². The first-order chi connectivity index (χ1) is 9.93. The number of methoxy groups -OCH3 is 1. The second kappa shape index (κ2) is 6.09. The average molecular weight is 300 g/mol. The summed E-state index contributed by atoms with van der Waals surface area (Å²) < 4.78 is 5.41. The predicted molar refractivity (Wildman–Crippen MR) is 88.2 cm³/mol. The summed E-state index contributed by atoms with van der Waals surface area (Å²) in [6.07, 6.45) is 3.29. The fourth-order valence-corrected chi connectivity index (χ4v) is 4.15. The molecule has 1 amide bonds. The van der Waals surface area contributed by atoms with Crippen LogP contribution >= 0.6 is 0 Å². The highest BCUT2D eigenvalue weighted by atomic mass is 28.3. The van der Waals surface area contributed by atoms with Crippen molar-refractivity contribution in [2.24, 2.45) is 0 Å². The molecule has 0 bridgehead atoms. The Bertz CT molecular complexity index is 636. The van der Waals surface area contributed by atoms with Crippen LogP contribution in [-0.2, 0) is 0 Å². The van der Waals surface area contributed by atoms with Crippen LogP contribution in [0, 0.1) is 0 Å². The summed E-state index contributed by atoms with van der Waals surface area (Å²) in [4.78, 5) is 16.7. The third-order valence-corrected chi connectivity index (χ3v) is 5.17. The topological polar surface area (TPSA) is 51.2 Å². The molecule has 0 unspecified atom stereocenters. The van der Waals surface area contributed by atoms with Gasteiger partial charge in [0, 0.05) is 11.9 Å². The van der Waals surface area contributed by atoms with E-state index in [0.717, 1.165) is 10.9 Å². The smallest absolute Gasteiger partial charge is 0.257 e. The number of para-hydroxylation sites is 1. The normalized spacial score (nSPS) is 11.0. The summed E-state index contributed by atoms with van der Waals surface area (Å²) >= 11 is 0. The van der Waals surface area contributed by atoms with Crippen LogP contribution in [0.5, 0.6) is 5.75 Å². The molecule has 110 valence electrons. The number of amides is 1. The number of anilines is 1. The quantitative estimate of drug-likeness (QED) is 0.883. The highest BCUT2D eigenvalue weighted by Gasteiger charge is 2.28. The third-order valence-electron chi connectivity index (χ3n) is 3.16. The summed E-state index contributed by atoms with van der Waals surface area (Å²) in [6.45, 7) is 6.55. The number of nitrogens with one attached hydrogen (secondary N) is 1. The van der Waals surface area contributed by atoms with Gasteiger partial charge in [-0.15, -0.1) is 0 Å². The minimum atomic E-state index is -1.75. The molecular weight excluding hydrogens is 280 g/mol. The Labute approximate surface area is 126 Å². The van der Waals surface area contributed by atoms with E-state index in [0.29, 0.717) is 11.3 Å². The van der Waals surface area contributed by atoms with Gasteiger partial charge in [-0.05, 0) is 17.3 Å². The van der Waals surface area contributed by atoms with Gasteiger partial charge < -0.3 is 10.1 Å². The summed E-state index contributed by atoms with van der Waals surface area (Å²) in [5, 5.41) is 3.90. The molecule has 0 aliphatic rings. The number of ether oxygens (including phenoxy) is 1. The van der Waals surface area contributed by atoms with Gasteiger partial charge in [0.15, 0.2) is 0 Å². The average Bonchev–Trinajstić information content (AvgIpc) is 2.46. The number of pyridine rings is 1. The molecule has 1 aromatic heterocycles.